The molecule has 0 fully saturated rings. The van der Waals surface area contributed by atoms with Gasteiger partial charge in [-0.05, 0) is 50.1 Å². The lowest BCUT2D eigenvalue weighted by Crippen LogP contribution is -2.41. The van der Waals surface area contributed by atoms with Gasteiger partial charge in [-0.2, -0.15) is 0 Å². The number of rotatable bonds is 6. The third kappa shape index (κ3) is 7.84. The number of hydrogen-bond acceptors (Lipinski definition) is 3. The summed E-state index contributed by atoms with van der Waals surface area (Å²) in [5.41, 5.74) is 1.000. The Bertz CT molecular complexity index is 958. The van der Waals surface area contributed by atoms with Crippen molar-refractivity contribution >= 4 is 40.0 Å². The Kier molecular flexibility index (Phi) is 9.70. The van der Waals surface area contributed by atoms with Crippen LogP contribution in [0, 0.1) is 5.82 Å². The molecule has 0 atom stereocenters. The van der Waals surface area contributed by atoms with Gasteiger partial charge in [-0.3, -0.25) is 4.99 Å². The van der Waals surface area contributed by atoms with Gasteiger partial charge >= 0.3 is 0 Å². The van der Waals surface area contributed by atoms with E-state index in [-0.39, 0.29) is 34.7 Å². The molecule has 2 aromatic carbocycles. The van der Waals surface area contributed by atoms with Crippen LogP contribution in [-0.4, -0.2) is 38.9 Å². The summed E-state index contributed by atoms with van der Waals surface area (Å²) in [4.78, 5) is 6.38. The summed E-state index contributed by atoms with van der Waals surface area (Å²) < 4.78 is 41.3. The summed E-state index contributed by atoms with van der Waals surface area (Å²) in [6.45, 7) is 6.24. The Morgan fingerprint density at radius 1 is 1.10 bits per heavy atom. The van der Waals surface area contributed by atoms with Crippen LogP contribution in [0.4, 0.5) is 4.39 Å². The monoisotopic (exact) mass is 548 g/mol. The Morgan fingerprint density at radius 3 is 2.27 bits per heavy atom. The van der Waals surface area contributed by atoms with Crippen molar-refractivity contribution in [1.82, 2.24) is 14.9 Å². The number of nitrogens with one attached hydrogen (secondary N) is 2. The number of nitrogens with zero attached hydrogens (tertiary/aromatic N) is 2. The van der Waals surface area contributed by atoms with Gasteiger partial charge in [-0.15, -0.1) is 24.0 Å². The predicted octanol–water partition coefficient (Wildman–Crippen LogP) is 3.73. The third-order valence-electron chi connectivity index (χ3n) is 4.05. The van der Waals surface area contributed by atoms with Crippen LogP contribution in [0.3, 0.4) is 0 Å². The molecular weight excluding hydrogens is 518 g/mol. The Morgan fingerprint density at radius 2 is 1.70 bits per heavy atom. The molecule has 0 amide bonds. The van der Waals surface area contributed by atoms with Gasteiger partial charge in [0.25, 0.3) is 0 Å². The lowest BCUT2D eigenvalue weighted by atomic mass is 10.1. The molecule has 166 valence electrons. The van der Waals surface area contributed by atoms with E-state index < -0.39 is 15.6 Å². The molecule has 2 rings (SSSR count). The van der Waals surface area contributed by atoms with Crippen LogP contribution in [0.5, 0.6) is 0 Å². The maximum atomic E-state index is 13.1. The highest BCUT2D eigenvalue weighted by atomic mass is 127. The van der Waals surface area contributed by atoms with E-state index in [9.17, 15) is 12.8 Å². The first kappa shape index (κ1) is 26.3. The van der Waals surface area contributed by atoms with E-state index in [1.54, 1.807) is 64.2 Å². The number of guanidine groups is 1. The van der Waals surface area contributed by atoms with E-state index in [0.29, 0.717) is 24.6 Å². The summed E-state index contributed by atoms with van der Waals surface area (Å²) in [7, 11) is -0.132. The van der Waals surface area contributed by atoms with Crippen molar-refractivity contribution in [3.63, 3.8) is 0 Å². The number of benzene rings is 2. The van der Waals surface area contributed by atoms with Crippen LogP contribution < -0.4 is 10.0 Å². The Labute approximate surface area is 196 Å². The molecule has 9 heteroatoms. The highest BCUT2D eigenvalue weighted by molar-refractivity contribution is 14.0. The molecule has 0 aliphatic heterocycles. The molecule has 0 aliphatic rings. The second-order valence-corrected chi connectivity index (χ2v) is 9.50. The van der Waals surface area contributed by atoms with Crippen molar-refractivity contribution < 1.29 is 12.8 Å². The topological polar surface area (TPSA) is 73.8 Å². The second kappa shape index (κ2) is 11.1. The fourth-order valence-corrected chi connectivity index (χ4v) is 4.53. The molecule has 0 radical (unpaired) electrons. The van der Waals surface area contributed by atoms with Gasteiger partial charge in [-0.1, -0.05) is 30.3 Å². The van der Waals surface area contributed by atoms with Crippen molar-refractivity contribution in [2.45, 2.75) is 44.3 Å². The highest BCUT2D eigenvalue weighted by Crippen LogP contribution is 2.18. The average Bonchev–Trinajstić information content (AvgIpc) is 2.62. The van der Waals surface area contributed by atoms with Gasteiger partial charge in [0, 0.05) is 32.7 Å². The first-order valence-electron chi connectivity index (χ1n) is 9.30. The van der Waals surface area contributed by atoms with Crippen LogP contribution in [0.2, 0.25) is 0 Å². The van der Waals surface area contributed by atoms with Gasteiger partial charge in [0.05, 0.1) is 4.90 Å². The van der Waals surface area contributed by atoms with Crippen molar-refractivity contribution in [1.29, 1.82) is 0 Å². The Hall–Kier alpha value is -1.72. The molecule has 0 heterocycles. The minimum atomic E-state index is -3.66. The lowest BCUT2D eigenvalue weighted by molar-refractivity contribution is 0.475. The first-order valence-corrected chi connectivity index (χ1v) is 10.8. The lowest BCUT2D eigenvalue weighted by Gasteiger charge is -2.24. The number of halogens is 2. The number of sulfonamides is 1. The van der Waals surface area contributed by atoms with E-state index >= 15 is 0 Å². The summed E-state index contributed by atoms with van der Waals surface area (Å²) in [5.74, 6) is 0.325. The molecule has 0 aliphatic carbocycles. The summed E-state index contributed by atoms with van der Waals surface area (Å²) >= 11 is 0. The van der Waals surface area contributed by atoms with Crippen molar-refractivity contribution in [2.75, 3.05) is 14.1 Å². The maximum absolute atomic E-state index is 13.1. The van der Waals surface area contributed by atoms with Crippen LogP contribution in [0.25, 0.3) is 0 Å². The molecule has 0 bridgehead atoms. The molecule has 0 saturated heterocycles. The van der Waals surface area contributed by atoms with E-state index in [1.807, 2.05) is 11.9 Å². The molecule has 0 aromatic heterocycles. The minimum absolute atomic E-state index is 0. The first-order chi connectivity index (χ1) is 13.5. The third-order valence-corrected chi connectivity index (χ3v) is 5.90. The summed E-state index contributed by atoms with van der Waals surface area (Å²) in [5, 5.41) is 3.20. The van der Waals surface area contributed by atoms with Crippen LogP contribution in [0.1, 0.15) is 31.9 Å². The van der Waals surface area contributed by atoms with E-state index in [0.717, 1.165) is 5.56 Å². The van der Waals surface area contributed by atoms with Crippen LogP contribution in [0.15, 0.2) is 58.4 Å². The molecule has 2 N–H and O–H groups in total. The van der Waals surface area contributed by atoms with E-state index in [4.69, 9.17) is 0 Å². The zero-order chi connectivity index (χ0) is 21.7. The van der Waals surface area contributed by atoms with Gasteiger partial charge in [0.1, 0.15) is 5.82 Å². The maximum Gasteiger partial charge on any atom is 0.241 e. The smallest absolute Gasteiger partial charge is 0.241 e. The normalized spacial score (nSPS) is 12.3. The molecule has 6 nitrogen and oxygen atoms in total. The summed E-state index contributed by atoms with van der Waals surface area (Å²) in [6, 6.07) is 13.2. The van der Waals surface area contributed by atoms with Gasteiger partial charge in [0.15, 0.2) is 5.96 Å². The quantitative estimate of drug-likeness (QED) is 0.328. The Balaban J connectivity index is 0.00000450. The zero-order valence-electron chi connectivity index (χ0n) is 17.9. The van der Waals surface area contributed by atoms with Crippen molar-refractivity contribution in [3.05, 3.63) is 65.5 Å². The standard InChI is InChI=1S/C21H29FN4O2S.HI/c1-21(2,3)25-29(27,28)19-9-7-6-8-17(19)14-24-20(23-4)26(5)15-16-10-12-18(22)13-11-16;/h6-13,25H,14-15H2,1-5H3,(H,23,24);1H. The van der Waals surface area contributed by atoms with Crippen LogP contribution in [-0.2, 0) is 23.1 Å². The van der Waals surface area contributed by atoms with Crippen molar-refractivity contribution in [3.8, 4) is 0 Å². The average molecular weight is 548 g/mol. The molecule has 0 spiro atoms. The fraction of sp³-hybridized carbons (Fsp3) is 0.381. The second-order valence-electron chi connectivity index (χ2n) is 7.85. The SMILES string of the molecule is CN=C(NCc1ccccc1S(=O)(=O)NC(C)(C)C)N(C)Cc1ccc(F)cc1.I. The van der Waals surface area contributed by atoms with Crippen molar-refractivity contribution in [2.24, 2.45) is 4.99 Å². The molecular formula is C21H30FIN4O2S. The van der Waals surface area contributed by atoms with E-state index in [2.05, 4.69) is 15.0 Å². The number of aliphatic imine (C=N–C) groups is 1. The van der Waals surface area contributed by atoms with E-state index in [1.165, 1.54) is 12.1 Å². The fourth-order valence-electron chi connectivity index (χ4n) is 2.87. The molecule has 2 aromatic rings. The molecule has 30 heavy (non-hydrogen) atoms. The van der Waals surface area contributed by atoms with Gasteiger partial charge in [0.2, 0.25) is 10.0 Å². The minimum Gasteiger partial charge on any atom is -0.352 e. The summed E-state index contributed by atoms with van der Waals surface area (Å²) in [6.07, 6.45) is 0. The van der Waals surface area contributed by atoms with Crippen LogP contribution >= 0.6 is 24.0 Å². The highest BCUT2D eigenvalue weighted by Gasteiger charge is 2.24. The molecule has 0 unspecified atom stereocenters. The zero-order valence-corrected chi connectivity index (χ0v) is 21.1. The molecule has 0 saturated carbocycles. The number of hydrogen-bond donors (Lipinski definition) is 2. The largest absolute Gasteiger partial charge is 0.352 e. The van der Waals surface area contributed by atoms with Gasteiger partial charge in [-0.25, -0.2) is 17.5 Å². The van der Waals surface area contributed by atoms with Gasteiger partial charge < -0.3 is 10.2 Å². The predicted molar refractivity (Wildman–Crippen MR) is 130 cm³/mol.